The van der Waals surface area contributed by atoms with Gasteiger partial charge in [-0.3, -0.25) is 0 Å². The van der Waals surface area contributed by atoms with Crippen molar-refractivity contribution in [1.29, 1.82) is 0 Å². The first kappa shape index (κ1) is 19.3. The maximum Gasteiger partial charge on any atom is 0.201 e. The highest BCUT2D eigenvalue weighted by molar-refractivity contribution is 6.69. The standard InChI is InChI=1S/C20H36O5Si/c1-13-7-8-16-14(2)17(10-12-21-26(4,5)6)22-18-20(16)15(13)9-11-19(3,23-18)24-25-20/h13-18H,7-12H2,1-6H3/t13-,14-,15+,16+,17-,18-,19?,20-/m1/s1. The molecule has 4 aliphatic heterocycles. The maximum atomic E-state index is 6.58. The summed E-state index contributed by atoms with van der Waals surface area (Å²) in [5, 5.41) is 0. The van der Waals surface area contributed by atoms with Crippen LogP contribution in [0.4, 0.5) is 0 Å². The normalized spacial score (nSPS) is 51.0. The van der Waals surface area contributed by atoms with Gasteiger partial charge >= 0.3 is 0 Å². The molecule has 1 unspecified atom stereocenters. The number of rotatable bonds is 4. The highest BCUT2D eigenvalue weighted by Gasteiger charge is 2.69. The summed E-state index contributed by atoms with van der Waals surface area (Å²) in [7, 11) is -1.50. The van der Waals surface area contributed by atoms with E-state index in [2.05, 4.69) is 33.5 Å². The minimum atomic E-state index is -1.50. The van der Waals surface area contributed by atoms with Gasteiger partial charge in [0.15, 0.2) is 20.2 Å². The van der Waals surface area contributed by atoms with Crippen LogP contribution in [0.3, 0.4) is 0 Å². The molecule has 26 heavy (non-hydrogen) atoms. The third kappa shape index (κ3) is 3.10. The summed E-state index contributed by atoms with van der Waals surface area (Å²) in [6.07, 6.45) is 5.13. The van der Waals surface area contributed by atoms with E-state index < -0.39 is 19.7 Å². The maximum absolute atomic E-state index is 6.58. The van der Waals surface area contributed by atoms with Crippen LogP contribution >= 0.6 is 0 Å². The largest absolute Gasteiger partial charge is 0.418 e. The van der Waals surface area contributed by atoms with Gasteiger partial charge in [-0.1, -0.05) is 13.8 Å². The molecule has 0 amide bonds. The van der Waals surface area contributed by atoms with E-state index in [1.54, 1.807) is 0 Å². The molecule has 0 radical (unpaired) electrons. The number of hydrogen-bond acceptors (Lipinski definition) is 5. The van der Waals surface area contributed by atoms with E-state index in [4.69, 9.17) is 23.7 Å². The Morgan fingerprint density at radius 2 is 1.81 bits per heavy atom. The van der Waals surface area contributed by atoms with Gasteiger partial charge in [-0.05, 0) is 70.0 Å². The van der Waals surface area contributed by atoms with E-state index in [1.165, 1.54) is 6.42 Å². The number of ether oxygens (including phenoxy) is 2. The monoisotopic (exact) mass is 384 g/mol. The smallest absolute Gasteiger partial charge is 0.201 e. The molecule has 0 aromatic rings. The molecular weight excluding hydrogens is 348 g/mol. The zero-order chi connectivity index (χ0) is 18.7. The zero-order valence-corrected chi connectivity index (χ0v) is 18.2. The van der Waals surface area contributed by atoms with Crippen molar-refractivity contribution in [1.82, 2.24) is 0 Å². The Hall–Kier alpha value is 0.0169. The van der Waals surface area contributed by atoms with E-state index in [9.17, 15) is 0 Å². The molecule has 6 heteroatoms. The van der Waals surface area contributed by atoms with Gasteiger partial charge in [0.1, 0.15) is 0 Å². The van der Waals surface area contributed by atoms with E-state index in [0.29, 0.717) is 23.7 Å². The molecule has 150 valence electrons. The first-order valence-corrected chi connectivity index (χ1v) is 13.9. The molecule has 0 N–H and O–H groups in total. The Labute approximate surface area is 159 Å². The van der Waals surface area contributed by atoms with Gasteiger partial charge in [0.05, 0.1) is 6.10 Å². The molecule has 4 saturated heterocycles. The van der Waals surface area contributed by atoms with E-state index >= 15 is 0 Å². The SMILES string of the molecule is C[C@H]1[C@@H](CCO[Si](C)(C)C)O[C@@H]2OC3(C)CC[C@H]4[C@H](C)CC[C@@H]1[C@@]24OO3. The average Bonchev–Trinajstić information content (AvgIpc) is 2.77. The fourth-order valence-electron chi connectivity index (χ4n) is 5.79. The molecule has 1 spiro atoms. The van der Waals surface area contributed by atoms with Crippen LogP contribution in [0, 0.1) is 23.7 Å². The highest BCUT2D eigenvalue weighted by atomic mass is 28.4. The average molecular weight is 385 g/mol. The van der Waals surface area contributed by atoms with E-state index in [1.807, 2.05) is 6.92 Å². The van der Waals surface area contributed by atoms with Crippen molar-refractivity contribution in [3.8, 4) is 0 Å². The Balaban J connectivity index is 1.58. The highest BCUT2D eigenvalue weighted by Crippen LogP contribution is 2.60. The van der Waals surface area contributed by atoms with Crippen molar-refractivity contribution < 1.29 is 23.7 Å². The molecule has 5 aliphatic rings. The minimum absolute atomic E-state index is 0.160. The van der Waals surface area contributed by atoms with Crippen LogP contribution in [-0.4, -0.2) is 38.7 Å². The third-order valence-electron chi connectivity index (χ3n) is 7.23. The molecule has 2 bridgehead atoms. The third-order valence-corrected chi connectivity index (χ3v) is 8.30. The van der Waals surface area contributed by atoms with Crippen LogP contribution < -0.4 is 0 Å². The number of hydrogen-bond donors (Lipinski definition) is 0. The summed E-state index contributed by atoms with van der Waals surface area (Å²) in [4.78, 5) is 12.1. The van der Waals surface area contributed by atoms with Gasteiger partial charge in [-0.15, -0.1) is 0 Å². The fourth-order valence-corrected chi connectivity index (χ4v) is 6.52. The predicted octanol–water partition coefficient (Wildman–Crippen LogP) is 4.48. The van der Waals surface area contributed by atoms with Crippen molar-refractivity contribution in [3.63, 3.8) is 0 Å². The van der Waals surface area contributed by atoms with Crippen LogP contribution in [0.2, 0.25) is 19.6 Å². The first-order chi connectivity index (χ1) is 12.1. The first-order valence-electron chi connectivity index (χ1n) is 10.5. The van der Waals surface area contributed by atoms with Gasteiger partial charge < -0.3 is 13.9 Å². The summed E-state index contributed by atoms with van der Waals surface area (Å²) in [5.74, 6) is 1.21. The summed E-state index contributed by atoms with van der Waals surface area (Å²) >= 11 is 0. The molecule has 0 aromatic carbocycles. The van der Waals surface area contributed by atoms with Crippen molar-refractivity contribution >= 4 is 8.32 Å². The minimum Gasteiger partial charge on any atom is -0.418 e. The van der Waals surface area contributed by atoms with Crippen LogP contribution in [0.25, 0.3) is 0 Å². The summed E-state index contributed by atoms with van der Waals surface area (Å²) < 4.78 is 19.1. The van der Waals surface area contributed by atoms with Crippen LogP contribution in [0.5, 0.6) is 0 Å². The summed E-state index contributed by atoms with van der Waals surface area (Å²) in [6, 6.07) is 0. The van der Waals surface area contributed by atoms with Crippen LogP contribution in [0.15, 0.2) is 0 Å². The molecule has 5 nitrogen and oxygen atoms in total. The topological polar surface area (TPSA) is 46.2 Å². The van der Waals surface area contributed by atoms with Crippen molar-refractivity contribution in [3.05, 3.63) is 0 Å². The van der Waals surface area contributed by atoms with Gasteiger partial charge in [-0.25, -0.2) is 9.78 Å². The molecule has 0 aromatic heterocycles. The Morgan fingerprint density at radius 1 is 1.04 bits per heavy atom. The second kappa shape index (κ2) is 6.53. The second-order valence-corrected chi connectivity index (χ2v) is 14.7. The molecule has 5 rings (SSSR count). The van der Waals surface area contributed by atoms with Crippen LogP contribution in [-0.2, 0) is 23.7 Å². The molecule has 1 aliphatic carbocycles. The van der Waals surface area contributed by atoms with Gasteiger partial charge in [-0.2, -0.15) is 0 Å². The Kier molecular flexibility index (Phi) is 4.86. The number of fused-ring (bicyclic) bond motifs is 2. The molecule has 1 saturated carbocycles. The predicted molar refractivity (Wildman–Crippen MR) is 101 cm³/mol. The van der Waals surface area contributed by atoms with E-state index in [-0.39, 0.29) is 12.4 Å². The van der Waals surface area contributed by atoms with Crippen molar-refractivity contribution in [2.45, 2.75) is 96.3 Å². The van der Waals surface area contributed by atoms with Crippen LogP contribution in [0.1, 0.15) is 52.9 Å². The quantitative estimate of drug-likeness (QED) is 0.528. The van der Waals surface area contributed by atoms with Gasteiger partial charge in [0.2, 0.25) is 5.79 Å². The zero-order valence-electron chi connectivity index (χ0n) is 17.2. The lowest BCUT2D eigenvalue weighted by Crippen LogP contribution is -2.70. The summed E-state index contributed by atoms with van der Waals surface area (Å²) in [6.45, 7) is 14.1. The van der Waals surface area contributed by atoms with Gasteiger partial charge in [0, 0.05) is 18.9 Å². The molecular formula is C20H36O5Si. The second-order valence-electron chi connectivity index (χ2n) is 10.2. The summed E-state index contributed by atoms with van der Waals surface area (Å²) in [5.41, 5.74) is -0.441. The Morgan fingerprint density at radius 3 is 2.54 bits per heavy atom. The van der Waals surface area contributed by atoms with Gasteiger partial charge in [0.25, 0.3) is 0 Å². The fraction of sp³-hybridized carbons (Fsp3) is 1.00. The van der Waals surface area contributed by atoms with Crippen molar-refractivity contribution in [2.75, 3.05) is 6.61 Å². The lowest BCUT2D eigenvalue weighted by atomic mass is 9.57. The molecule has 8 atom stereocenters. The molecule has 5 fully saturated rings. The Bertz CT molecular complexity index is 537. The van der Waals surface area contributed by atoms with Crippen molar-refractivity contribution in [2.24, 2.45) is 23.7 Å². The lowest BCUT2D eigenvalue weighted by molar-refractivity contribution is -0.571. The molecule has 4 heterocycles. The van der Waals surface area contributed by atoms with E-state index in [0.717, 1.165) is 32.3 Å². The lowest BCUT2D eigenvalue weighted by Gasteiger charge is -2.60.